The summed E-state index contributed by atoms with van der Waals surface area (Å²) in [7, 11) is 1.39. The average molecular weight is 318 g/mol. The Morgan fingerprint density at radius 1 is 1.77 bits per heavy atom. The fraction of sp³-hybridized carbons (Fsp3) is 0.625. The summed E-state index contributed by atoms with van der Waals surface area (Å²) in [4.78, 5) is 10.9. The zero-order valence-electron chi connectivity index (χ0n) is 7.64. The average Bonchev–Trinajstić information content (AvgIpc) is 2.15. The third kappa shape index (κ3) is 6.29. The third-order valence-electron chi connectivity index (χ3n) is 1.37. The van der Waals surface area contributed by atoms with Gasteiger partial charge in [0, 0.05) is 18.6 Å². The quantitative estimate of drug-likeness (QED) is 0.476. The summed E-state index contributed by atoms with van der Waals surface area (Å²) < 4.78 is 4.42. The summed E-state index contributed by atoms with van der Waals surface area (Å²) >= 11 is 7.50. The number of rotatable bonds is 5. The van der Waals surface area contributed by atoms with Crippen LogP contribution in [-0.4, -0.2) is 30.1 Å². The zero-order chi connectivity index (χ0) is 10.3. The maximum absolute atomic E-state index is 10.9. The second-order valence-corrected chi connectivity index (χ2v) is 4.30. The lowest BCUT2D eigenvalue weighted by molar-refractivity contribution is -0.139. The van der Waals surface area contributed by atoms with Crippen molar-refractivity contribution in [2.24, 2.45) is 0 Å². The number of hydrogen-bond acceptors (Lipinski definition) is 3. The van der Waals surface area contributed by atoms with Crippen LogP contribution in [0.1, 0.15) is 6.92 Å². The Balaban J connectivity index is 3.59. The Kier molecular flexibility index (Phi) is 7.69. The molecular weight excluding hydrogens is 304 g/mol. The SMILES string of the molecule is COC(=O)C(I)CNCC(C)=CCl. The van der Waals surface area contributed by atoms with Gasteiger partial charge in [0.1, 0.15) is 3.92 Å². The second-order valence-electron chi connectivity index (χ2n) is 2.58. The molecule has 0 radical (unpaired) electrons. The van der Waals surface area contributed by atoms with E-state index in [4.69, 9.17) is 11.6 Å². The van der Waals surface area contributed by atoms with Crippen molar-refractivity contribution in [2.75, 3.05) is 20.2 Å². The molecule has 1 atom stereocenters. The molecule has 13 heavy (non-hydrogen) atoms. The molecule has 1 N–H and O–H groups in total. The molecule has 0 heterocycles. The highest BCUT2D eigenvalue weighted by Crippen LogP contribution is 2.01. The normalized spacial score (nSPS) is 14.0. The Bertz CT molecular complexity index is 197. The summed E-state index contributed by atoms with van der Waals surface area (Å²) in [6, 6.07) is 0. The van der Waals surface area contributed by atoms with Crippen LogP contribution in [0.2, 0.25) is 0 Å². The molecule has 5 heteroatoms. The largest absolute Gasteiger partial charge is 0.468 e. The van der Waals surface area contributed by atoms with E-state index in [0.29, 0.717) is 13.1 Å². The number of esters is 1. The summed E-state index contributed by atoms with van der Waals surface area (Å²) in [5.74, 6) is -0.208. The van der Waals surface area contributed by atoms with Crippen LogP contribution in [0, 0.1) is 0 Å². The van der Waals surface area contributed by atoms with Crippen LogP contribution in [0.5, 0.6) is 0 Å². The van der Waals surface area contributed by atoms with Crippen LogP contribution >= 0.6 is 34.2 Å². The topological polar surface area (TPSA) is 38.3 Å². The Labute approximate surface area is 97.0 Å². The van der Waals surface area contributed by atoms with Gasteiger partial charge in [0.2, 0.25) is 0 Å². The molecule has 0 saturated heterocycles. The van der Waals surface area contributed by atoms with E-state index in [-0.39, 0.29) is 9.89 Å². The molecule has 0 saturated carbocycles. The molecule has 3 nitrogen and oxygen atoms in total. The number of nitrogens with one attached hydrogen (secondary N) is 1. The molecule has 0 aliphatic carbocycles. The van der Waals surface area contributed by atoms with Gasteiger partial charge in [-0.1, -0.05) is 34.2 Å². The predicted molar refractivity (Wildman–Crippen MR) is 62.3 cm³/mol. The minimum atomic E-state index is -0.208. The van der Waals surface area contributed by atoms with Gasteiger partial charge in [0.15, 0.2) is 0 Å². The fourth-order valence-electron chi connectivity index (χ4n) is 0.646. The summed E-state index contributed by atoms with van der Waals surface area (Å²) in [6.45, 7) is 3.20. The summed E-state index contributed by atoms with van der Waals surface area (Å²) in [6.07, 6.45) is 0. The number of alkyl halides is 1. The maximum atomic E-state index is 10.9. The van der Waals surface area contributed by atoms with Gasteiger partial charge in [-0.25, -0.2) is 0 Å². The maximum Gasteiger partial charge on any atom is 0.319 e. The lowest BCUT2D eigenvalue weighted by atomic mass is 10.3. The minimum absolute atomic E-state index is 0.147. The van der Waals surface area contributed by atoms with Crippen molar-refractivity contribution < 1.29 is 9.53 Å². The van der Waals surface area contributed by atoms with Crippen LogP contribution in [0.3, 0.4) is 0 Å². The molecule has 76 valence electrons. The van der Waals surface area contributed by atoms with Gasteiger partial charge < -0.3 is 10.1 Å². The van der Waals surface area contributed by atoms with Gasteiger partial charge >= 0.3 is 5.97 Å². The van der Waals surface area contributed by atoms with Crippen LogP contribution in [0.15, 0.2) is 11.1 Å². The summed E-state index contributed by atoms with van der Waals surface area (Å²) in [5, 5.41) is 3.09. The lowest BCUT2D eigenvalue weighted by Crippen LogP contribution is -2.30. The van der Waals surface area contributed by atoms with Gasteiger partial charge in [-0.05, 0) is 12.5 Å². The smallest absolute Gasteiger partial charge is 0.319 e. The minimum Gasteiger partial charge on any atom is -0.468 e. The first-order valence-electron chi connectivity index (χ1n) is 3.80. The van der Waals surface area contributed by atoms with Crippen molar-refractivity contribution in [2.45, 2.75) is 10.8 Å². The highest BCUT2D eigenvalue weighted by Gasteiger charge is 2.13. The van der Waals surface area contributed by atoms with Crippen molar-refractivity contribution in [3.05, 3.63) is 11.1 Å². The highest BCUT2D eigenvalue weighted by molar-refractivity contribution is 14.1. The molecule has 0 rings (SSSR count). The van der Waals surface area contributed by atoms with E-state index in [0.717, 1.165) is 5.57 Å². The van der Waals surface area contributed by atoms with E-state index in [1.165, 1.54) is 12.6 Å². The fourth-order valence-corrected chi connectivity index (χ4v) is 1.29. The Morgan fingerprint density at radius 3 is 2.85 bits per heavy atom. The lowest BCUT2D eigenvalue weighted by Gasteiger charge is -2.08. The Morgan fingerprint density at radius 2 is 2.38 bits per heavy atom. The van der Waals surface area contributed by atoms with Crippen molar-refractivity contribution in [3.63, 3.8) is 0 Å². The first-order chi connectivity index (χ1) is 6.11. The van der Waals surface area contributed by atoms with E-state index < -0.39 is 0 Å². The second kappa shape index (κ2) is 7.58. The summed E-state index contributed by atoms with van der Waals surface area (Å²) in [5.41, 5.74) is 2.56. The first kappa shape index (κ1) is 13.2. The number of carbonyl (C=O) groups is 1. The molecule has 0 amide bonds. The standard InChI is InChI=1S/C8H13ClINO2/c1-6(3-9)4-11-5-7(10)8(12)13-2/h3,7,11H,4-5H2,1-2H3. The van der Waals surface area contributed by atoms with Crippen molar-refractivity contribution in [1.29, 1.82) is 0 Å². The Hall–Kier alpha value is 0.190. The molecule has 1 unspecified atom stereocenters. The predicted octanol–water partition coefficient (Wildman–Crippen LogP) is 1.70. The third-order valence-corrected chi connectivity index (χ3v) is 2.69. The van der Waals surface area contributed by atoms with E-state index in [1.54, 1.807) is 0 Å². The highest BCUT2D eigenvalue weighted by atomic mass is 127. The number of methoxy groups -OCH3 is 1. The number of ether oxygens (including phenoxy) is 1. The molecule has 0 aliphatic heterocycles. The molecular formula is C8H13ClINO2. The van der Waals surface area contributed by atoms with E-state index in [1.807, 2.05) is 29.5 Å². The van der Waals surface area contributed by atoms with Gasteiger partial charge in [0.25, 0.3) is 0 Å². The van der Waals surface area contributed by atoms with Gasteiger partial charge in [-0.15, -0.1) is 0 Å². The first-order valence-corrected chi connectivity index (χ1v) is 5.48. The molecule has 0 aromatic carbocycles. The molecule has 0 fully saturated rings. The van der Waals surface area contributed by atoms with Crippen LogP contribution in [0.25, 0.3) is 0 Å². The zero-order valence-corrected chi connectivity index (χ0v) is 10.6. The molecule has 0 aromatic rings. The van der Waals surface area contributed by atoms with Crippen LogP contribution in [-0.2, 0) is 9.53 Å². The number of hydrogen-bond donors (Lipinski definition) is 1. The molecule has 0 aromatic heterocycles. The van der Waals surface area contributed by atoms with Crippen LogP contribution < -0.4 is 5.32 Å². The van der Waals surface area contributed by atoms with Crippen molar-refractivity contribution >= 4 is 40.2 Å². The monoisotopic (exact) mass is 317 g/mol. The van der Waals surface area contributed by atoms with E-state index >= 15 is 0 Å². The number of halogens is 2. The van der Waals surface area contributed by atoms with Crippen LogP contribution in [0.4, 0.5) is 0 Å². The molecule has 0 bridgehead atoms. The number of carbonyl (C=O) groups excluding carboxylic acids is 1. The van der Waals surface area contributed by atoms with Gasteiger partial charge in [-0.3, -0.25) is 4.79 Å². The molecule has 0 aliphatic rings. The van der Waals surface area contributed by atoms with Gasteiger partial charge in [-0.2, -0.15) is 0 Å². The van der Waals surface area contributed by atoms with Gasteiger partial charge in [0.05, 0.1) is 7.11 Å². The van der Waals surface area contributed by atoms with Crippen molar-refractivity contribution in [1.82, 2.24) is 5.32 Å². The molecule has 0 spiro atoms. The van der Waals surface area contributed by atoms with E-state index in [9.17, 15) is 4.79 Å². The van der Waals surface area contributed by atoms with E-state index in [2.05, 4.69) is 10.1 Å². The van der Waals surface area contributed by atoms with Crippen molar-refractivity contribution in [3.8, 4) is 0 Å².